The second-order valence-electron chi connectivity index (χ2n) is 16.0. The van der Waals surface area contributed by atoms with Crippen molar-refractivity contribution in [2.75, 3.05) is 4.90 Å². The number of aromatic nitrogens is 1. The van der Waals surface area contributed by atoms with E-state index in [1.165, 1.54) is 52.9 Å². The van der Waals surface area contributed by atoms with Crippen molar-refractivity contribution in [3.63, 3.8) is 0 Å². The van der Waals surface area contributed by atoms with E-state index in [0.29, 0.717) is 0 Å². The van der Waals surface area contributed by atoms with Gasteiger partial charge >= 0.3 is 0 Å². The number of rotatable bonds is 6. The molecule has 13 rings (SSSR count). The zero-order valence-corrected chi connectivity index (χ0v) is 34.3. The summed E-state index contributed by atoms with van der Waals surface area (Å²) in [6.45, 7) is 0. The largest absolute Gasteiger partial charge is 0.455 e. The molecule has 0 N–H and O–H groups in total. The molecule has 0 bridgehead atoms. The van der Waals surface area contributed by atoms with Gasteiger partial charge in [0.1, 0.15) is 11.2 Å². The minimum atomic E-state index is 0.899. The molecule has 0 radical (unpaired) electrons. The summed E-state index contributed by atoms with van der Waals surface area (Å²) >= 11 is 1.86. The number of anilines is 3. The SMILES string of the molecule is c1ccc(-n2c3ccccc3c3ccccc32)c(-c2ccc(N(c3ccc(-c4cccc5oc6c7ccccc7ccc6c45)cc3)c3cccc4c3sc3ccccc34)cc2)c1. The molecule has 0 saturated carbocycles. The number of fused-ring (bicyclic) bond motifs is 11. The highest BCUT2D eigenvalue weighted by Gasteiger charge is 2.21. The smallest absolute Gasteiger partial charge is 0.143 e. The highest BCUT2D eigenvalue weighted by Crippen LogP contribution is 2.46. The monoisotopic (exact) mass is 808 g/mol. The lowest BCUT2D eigenvalue weighted by Crippen LogP contribution is -2.10. The average Bonchev–Trinajstić information content (AvgIpc) is 4.03. The van der Waals surface area contributed by atoms with Gasteiger partial charge in [-0.25, -0.2) is 0 Å². The van der Waals surface area contributed by atoms with Gasteiger partial charge in [-0.05, 0) is 88.8 Å². The van der Waals surface area contributed by atoms with Crippen LogP contribution in [0.4, 0.5) is 17.1 Å². The first-order chi connectivity index (χ1) is 30.8. The van der Waals surface area contributed by atoms with Crippen molar-refractivity contribution in [2.24, 2.45) is 0 Å². The number of nitrogens with zero attached hydrogens (tertiary/aromatic N) is 2. The van der Waals surface area contributed by atoms with Gasteiger partial charge in [-0.2, -0.15) is 0 Å². The fraction of sp³-hybridized carbons (Fsp3) is 0. The van der Waals surface area contributed by atoms with E-state index < -0.39 is 0 Å². The number of furan rings is 1. The lowest BCUT2D eigenvalue weighted by atomic mass is 9.98. The summed E-state index contributed by atoms with van der Waals surface area (Å²) in [4.78, 5) is 2.42. The van der Waals surface area contributed by atoms with E-state index in [-0.39, 0.29) is 0 Å². The van der Waals surface area contributed by atoms with Crippen molar-refractivity contribution in [3.05, 3.63) is 218 Å². The summed E-state index contributed by atoms with van der Waals surface area (Å²) in [5.41, 5.74) is 13.4. The van der Waals surface area contributed by atoms with Gasteiger partial charge < -0.3 is 13.9 Å². The number of benzene rings is 10. The molecule has 3 nitrogen and oxygen atoms in total. The molecular formula is C58H36N2OS. The van der Waals surface area contributed by atoms with E-state index in [4.69, 9.17) is 4.42 Å². The van der Waals surface area contributed by atoms with Crippen LogP contribution in [-0.2, 0) is 0 Å². The molecule has 62 heavy (non-hydrogen) atoms. The Bertz CT molecular complexity index is 3820. The second kappa shape index (κ2) is 13.8. The van der Waals surface area contributed by atoms with Gasteiger partial charge in [-0.3, -0.25) is 0 Å². The Morgan fingerprint density at radius 1 is 0.403 bits per heavy atom. The van der Waals surface area contributed by atoms with Gasteiger partial charge in [0.25, 0.3) is 0 Å². The average molecular weight is 809 g/mol. The van der Waals surface area contributed by atoms with Crippen molar-refractivity contribution < 1.29 is 4.42 Å². The maximum Gasteiger partial charge on any atom is 0.143 e. The summed E-state index contributed by atoms with van der Waals surface area (Å²) < 4.78 is 11.5. The lowest BCUT2D eigenvalue weighted by Gasteiger charge is -2.26. The zero-order chi connectivity index (χ0) is 40.7. The zero-order valence-electron chi connectivity index (χ0n) is 33.5. The fourth-order valence-corrected chi connectivity index (χ4v) is 11.0. The van der Waals surface area contributed by atoms with Crippen LogP contribution < -0.4 is 4.90 Å². The highest BCUT2D eigenvalue weighted by atomic mass is 32.1. The number of para-hydroxylation sites is 3. The van der Waals surface area contributed by atoms with Crippen molar-refractivity contribution in [2.45, 2.75) is 0 Å². The van der Waals surface area contributed by atoms with Gasteiger partial charge in [0.05, 0.1) is 27.1 Å². The molecule has 0 aliphatic heterocycles. The van der Waals surface area contributed by atoms with Crippen LogP contribution in [0.3, 0.4) is 0 Å². The van der Waals surface area contributed by atoms with Crippen LogP contribution in [0.5, 0.6) is 0 Å². The maximum absolute atomic E-state index is 6.57. The molecule has 0 unspecified atom stereocenters. The van der Waals surface area contributed by atoms with Crippen LogP contribution in [0, 0.1) is 0 Å². The predicted octanol–water partition coefficient (Wildman–Crippen LogP) is 17.0. The molecule has 290 valence electrons. The van der Waals surface area contributed by atoms with Gasteiger partial charge in [0, 0.05) is 59.3 Å². The van der Waals surface area contributed by atoms with Gasteiger partial charge in [-0.15, -0.1) is 11.3 Å². The van der Waals surface area contributed by atoms with Crippen molar-refractivity contribution in [1.82, 2.24) is 4.57 Å². The summed E-state index contributed by atoms with van der Waals surface area (Å²) in [6, 6.07) is 79.1. The Labute approximate surface area is 361 Å². The predicted molar refractivity (Wildman–Crippen MR) is 264 cm³/mol. The molecular weight excluding hydrogens is 773 g/mol. The maximum atomic E-state index is 6.57. The third kappa shape index (κ3) is 5.30. The molecule has 0 spiro atoms. The topological polar surface area (TPSA) is 21.3 Å². The minimum absolute atomic E-state index is 0.899. The first-order valence-electron chi connectivity index (χ1n) is 21.1. The Kier molecular flexibility index (Phi) is 7.78. The molecule has 0 aliphatic carbocycles. The van der Waals surface area contributed by atoms with E-state index in [0.717, 1.165) is 66.8 Å². The quantitative estimate of drug-likeness (QED) is 0.167. The molecule has 0 amide bonds. The van der Waals surface area contributed by atoms with Crippen LogP contribution in [0.2, 0.25) is 0 Å². The van der Waals surface area contributed by atoms with Gasteiger partial charge in [0.15, 0.2) is 0 Å². The summed E-state index contributed by atoms with van der Waals surface area (Å²) in [5, 5.41) is 9.67. The molecule has 10 aromatic carbocycles. The Morgan fingerprint density at radius 3 is 1.74 bits per heavy atom. The first kappa shape index (κ1) is 34.9. The number of thiophene rings is 1. The number of hydrogen-bond acceptors (Lipinski definition) is 3. The van der Waals surface area contributed by atoms with Crippen molar-refractivity contribution in [3.8, 4) is 27.9 Å². The van der Waals surface area contributed by atoms with E-state index in [9.17, 15) is 0 Å². The van der Waals surface area contributed by atoms with E-state index >= 15 is 0 Å². The van der Waals surface area contributed by atoms with Crippen LogP contribution in [-0.4, -0.2) is 4.57 Å². The van der Waals surface area contributed by atoms with Gasteiger partial charge in [0.2, 0.25) is 0 Å². The Morgan fingerprint density at radius 2 is 0.984 bits per heavy atom. The Hall–Kier alpha value is -7.92. The normalized spacial score (nSPS) is 11.9. The number of hydrogen-bond donors (Lipinski definition) is 0. The van der Waals surface area contributed by atoms with Crippen molar-refractivity contribution in [1.29, 1.82) is 0 Å². The van der Waals surface area contributed by atoms with E-state index in [1.807, 2.05) is 11.3 Å². The molecule has 0 saturated heterocycles. The van der Waals surface area contributed by atoms with E-state index in [2.05, 4.69) is 228 Å². The molecule has 3 aromatic heterocycles. The third-order valence-corrected chi connectivity index (χ3v) is 13.8. The summed E-state index contributed by atoms with van der Waals surface area (Å²) in [7, 11) is 0. The molecule has 13 aromatic rings. The standard InChI is InChI=1S/C58H36N2OS/c1-2-15-44-37(13-1)31-36-49-56-43(19-12-25-54(56)61-57(44)49)39-29-34-41(35-30-39)59(53-24-11-20-48-47-18-6-10-26-55(47)62-58(48)53)40-32-27-38(28-33-40)42-14-3-7-21-50(42)60-51-22-8-4-16-45(51)46-17-5-9-23-52(46)60/h1-36H. The fourth-order valence-electron chi connectivity index (χ4n) is 9.80. The summed E-state index contributed by atoms with van der Waals surface area (Å²) in [6.07, 6.45) is 0. The lowest BCUT2D eigenvalue weighted by molar-refractivity contribution is 0.673. The van der Waals surface area contributed by atoms with Crippen molar-refractivity contribution >= 4 is 103 Å². The molecule has 0 aliphatic rings. The molecule has 0 fully saturated rings. The second-order valence-corrected chi connectivity index (χ2v) is 17.1. The van der Waals surface area contributed by atoms with Crippen LogP contribution in [0.25, 0.3) is 103 Å². The molecule has 4 heteroatoms. The van der Waals surface area contributed by atoms with Crippen LogP contribution >= 0.6 is 11.3 Å². The molecule has 0 atom stereocenters. The van der Waals surface area contributed by atoms with Gasteiger partial charge in [-0.1, -0.05) is 152 Å². The Balaban J connectivity index is 0.954. The van der Waals surface area contributed by atoms with Crippen LogP contribution in [0.1, 0.15) is 0 Å². The third-order valence-electron chi connectivity index (χ3n) is 12.6. The van der Waals surface area contributed by atoms with Crippen LogP contribution in [0.15, 0.2) is 223 Å². The highest BCUT2D eigenvalue weighted by molar-refractivity contribution is 7.26. The van der Waals surface area contributed by atoms with E-state index in [1.54, 1.807) is 0 Å². The summed E-state index contributed by atoms with van der Waals surface area (Å²) in [5.74, 6) is 0. The molecule has 3 heterocycles. The minimum Gasteiger partial charge on any atom is -0.455 e. The first-order valence-corrected chi connectivity index (χ1v) is 21.9.